The minimum absolute atomic E-state index is 0.237. The van der Waals surface area contributed by atoms with E-state index in [2.05, 4.69) is 9.46 Å². The summed E-state index contributed by atoms with van der Waals surface area (Å²) in [5.41, 5.74) is 0. The molecule has 0 aromatic rings. The number of sulfonamides is 1. The van der Waals surface area contributed by atoms with E-state index in [-0.39, 0.29) is 6.54 Å². The molecule has 0 saturated heterocycles. The van der Waals surface area contributed by atoms with Crippen molar-refractivity contribution >= 4 is 16.0 Å². The van der Waals surface area contributed by atoms with Crippen molar-refractivity contribution in [3.05, 3.63) is 0 Å². The number of carbonyl (C=O) groups is 1. The predicted molar refractivity (Wildman–Crippen MR) is 66.6 cm³/mol. The number of carbonyl (C=O) groups excluding carboxylic acids is 1. The van der Waals surface area contributed by atoms with Gasteiger partial charge in [0, 0.05) is 13.2 Å². The van der Waals surface area contributed by atoms with Gasteiger partial charge in [-0.3, -0.25) is 4.79 Å². The van der Waals surface area contributed by atoms with E-state index in [1.54, 1.807) is 0 Å². The highest BCUT2D eigenvalue weighted by Gasteiger charge is 2.41. The molecule has 0 spiro atoms. The van der Waals surface area contributed by atoms with Crippen LogP contribution in [0.15, 0.2) is 0 Å². The van der Waals surface area contributed by atoms with E-state index in [9.17, 15) is 13.2 Å². The summed E-state index contributed by atoms with van der Waals surface area (Å²) in [4.78, 5) is 11.5. The highest BCUT2D eigenvalue weighted by molar-refractivity contribution is 7.90. The third-order valence-electron chi connectivity index (χ3n) is 3.11. The molecule has 106 valence electrons. The largest absolute Gasteiger partial charge is 0.469 e. The van der Waals surface area contributed by atoms with Gasteiger partial charge in [0.1, 0.15) is 0 Å². The number of rotatable bonds is 7. The van der Waals surface area contributed by atoms with Crippen molar-refractivity contribution in [1.29, 1.82) is 0 Å². The molecule has 1 rings (SSSR count). The second-order valence-corrected chi connectivity index (χ2v) is 6.22. The molecule has 0 radical (unpaired) electrons. The van der Waals surface area contributed by atoms with Crippen molar-refractivity contribution in [2.75, 3.05) is 26.9 Å². The minimum Gasteiger partial charge on any atom is -0.469 e. The molecule has 7 heteroatoms. The average molecular weight is 279 g/mol. The van der Waals surface area contributed by atoms with Gasteiger partial charge in [-0.15, -0.1) is 0 Å². The fraction of sp³-hybridized carbons (Fsp3) is 0.909. The molecule has 1 saturated carbocycles. The van der Waals surface area contributed by atoms with E-state index < -0.39 is 27.2 Å². The summed E-state index contributed by atoms with van der Waals surface area (Å²) >= 11 is 0. The first-order valence-corrected chi connectivity index (χ1v) is 7.71. The Kier molecular flexibility index (Phi) is 6.04. The van der Waals surface area contributed by atoms with Crippen LogP contribution in [0.4, 0.5) is 0 Å². The quantitative estimate of drug-likeness (QED) is 0.535. The van der Waals surface area contributed by atoms with Crippen LogP contribution in [0.3, 0.4) is 0 Å². The number of nitrogens with one attached hydrogen (secondary N) is 1. The molecule has 1 aliphatic carbocycles. The van der Waals surface area contributed by atoms with Crippen molar-refractivity contribution in [3.8, 4) is 0 Å². The van der Waals surface area contributed by atoms with Crippen LogP contribution in [0.25, 0.3) is 0 Å². The molecule has 1 N–H and O–H groups in total. The molecule has 0 unspecified atom stereocenters. The lowest BCUT2D eigenvalue weighted by molar-refractivity contribution is -0.145. The molecular formula is C11H21NO5S. The van der Waals surface area contributed by atoms with Gasteiger partial charge in [-0.05, 0) is 19.8 Å². The molecule has 0 heterocycles. The van der Waals surface area contributed by atoms with E-state index in [0.29, 0.717) is 26.1 Å². The first-order valence-electron chi connectivity index (χ1n) is 6.17. The molecular weight excluding hydrogens is 258 g/mol. The molecule has 0 aliphatic heterocycles. The summed E-state index contributed by atoms with van der Waals surface area (Å²) in [5, 5.41) is -0.674. The van der Waals surface area contributed by atoms with Gasteiger partial charge in [0.25, 0.3) is 0 Å². The van der Waals surface area contributed by atoms with Gasteiger partial charge in [-0.2, -0.15) is 0 Å². The Morgan fingerprint density at radius 1 is 1.39 bits per heavy atom. The average Bonchev–Trinajstić information content (AvgIpc) is 2.83. The Morgan fingerprint density at radius 2 is 2.11 bits per heavy atom. The standard InChI is InChI=1S/C11H21NO5S/c1-3-17-8-7-12-18(14,15)10-6-4-5-9(10)11(13)16-2/h9-10,12H,3-8H2,1-2H3/t9-,10+/m0/s1. The summed E-state index contributed by atoms with van der Waals surface area (Å²) in [5.74, 6) is -0.979. The Morgan fingerprint density at radius 3 is 2.72 bits per heavy atom. The van der Waals surface area contributed by atoms with Crippen LogP contribution in [0.1, 0.15) is 26.2 Å². The minimum atomic E-state index is -3.48. The maximum absolute atomic E-state index is 12.1. The topological polar surface area (TPSA) is 81.7 Å². The smallest absolute Gasteiger partial charge is 0.310 e. The number of ether oxygens (including phenoxy) is 2. The Balaban J connectivity index is 2.57. The van der Waals surface area contributed by atoms with Gasteiger partial charge in [0.2, 0.25) is 10.0 Å². The molecule has 0 aromatic heterocycles. The van der Waals surface area contributed by atoms with Crippen LogP contribution in [0.2, 0.25) is 0 Å². The van der Waals surface area contributed by atoms with Crippen LogP contribution >= 0.6 is 0 Å². The number of hydrogen-bond donors (Lipinski definition) is 1. The Bertz CT molecular complexity index is 368. The summed E-state index contributed by atoms with van der Waals surface area (Å²) in [6.07, 6.45) is 1.81. The third kappa shape index (κ3) is 3.93. The highest BCUT2D eigenvalue weighted by atomic mass is 32.2. The van der Waals surface area contributed by atoms with Crippen LogP contribution in [-0.4, -0.2) is 46.5 Å². The van der Waals surface area contributed by atoms with Gasteiger partial charge in [0.15, 0.2) is 0 Å². The Hall–Kier alpha value is -0.660. The summed E-state index contributed by atoms with van der Waals surface area (Å²) in [7, 11) is -2.19. The summed E-state index contributed by atoms with van der Waals surface area (Å²) in [6.45, 7) is 2.97. The van der Waals surface area contributed by atoms with E-state index in [1.165, 1.54) is 7.11 Å². The Labute approximate surface area is 108 Å². The molecule has 2 atom stereocenters. The number of methoxy groups -OCH3 is 1. The first-order chi connectivity index (χ1) is 8.53. The predicted octanol–water partition coefficient (Wildman–Crippen LogP) is 0.284. The summed E-state index contributed by atoms with van der Waals surface area (Å²) < 4.78 is 36.3. The second kappa shape index (κ2) is 7.06. The monoisotopic (exact) mass is 279 g/mol. The normalized spacial score (nSPS) is 24.1. The van der Waals surface area contributed by atoms with E-state index in [0.717, 1.165) is 6.42 Å². The van der Waals surface area contributed by atoms with Gasteiger partial charge in [0.05, 0.1) is 24.9 Å². The second-order valence-electron chi connectivity index (χ2n) is 4.24. The van der Waals surface area contributed by atoms with E-state index in [1.807, 2.05) is 6.92 Å². The first kappa shape index (κ1) is 15.4. The van der Waals surface area contributed by atoms with Crippen LogP contribution in [0.5, 0.6) is 0 Å². The van der Waals surface area contributed by atoms with E-state index in [4.69, 9.17) is 4.74 Å². The molecule has 0 aromatic carbocycles. The van der Waals surface area contributed by atoms with Crippen LogP contribution in [-0.2, 0) is 24.3 Å². The number of esters is 1. The van der Waals surface area contributed by atoms with Crippen molar-refractivity contribution in [2.24, 2.45) is 5.92 Å². The molecule has 1 fully saturated rings. The molecule has 1 aliphatic rings. The van der Waals surface area contributed by atoms with Gasteiger partial charge < -0.3 is 9.47 Å². The van der Waals surface area contributed by atoms with Gasteiger partial charge in [-0.25, -0.2) is 13.1 Å². The third-order valence-corrected chi connectivity index (χ3v) is 5.08. The zero-order valence-corrected chi connectivity index (χ0v) is 11.7. The molecule has 6 nitrogen and oxygen atoms in total. The SMILES string of the molecule is CCOCCNS(=O)(=O)[C@@H]1CCC[C@@H]1C(=O)OC. The maximum atomic E-state index is 12.1. The van der Waals surface area contributed by atoms with Gasteiger partial charge >= 0.3 is 5.97 Å². The zero-order chi connectivity index (χ0) is 13.6. The van der Waals surface area contributed by atoms with Crippen LogP contribution in [0, 0.1) is 5.92 Å². The maximum Gasteiger partial charge on any atom is 0.310 e. The molecule has 0 bridgehead atoms. The van der Waals surface area contributed by atoms with Crippen molar-refractivity contribution in [1.82, 2.24) is 4.72 Å². The summed E-state index contributed by atoms with van der Waals surface area (Å²) in [6, 6.07) is 0. The lowest BCUT2D eigenvalue weighted by Crippen LogP contribution is -2.40. The molecule has 18 heavy (non-hydrogen) atoms. The fourth-order valence-electron chi connectivity index (χ4n) is 2.23. The van der Waals surface area contributed by atoms with Gasteiger partial charge in [-0.1, -0.05) is 6.42 Å². The van der Waals surface area contributed by atoms with Crippen LogP contribution < -0.4 is 4.72 Å². The highest BCUT2D eigenvalue weighted by Crippen LogP contribution is 2.31. The molecule has 0 amide bonds. The van der Waals surface area contributed by atoms with Crippen molar-refractivity contribution < 1.29 is 22.7 Å². The van der Waals surface area contributed by atoms with Crippen molar-refractivity contribution in [3.63, 3.8) is 0 Å². The lowest BCUT2D eigenvalue weighted by atomic mass is 10.1. The lowest BCUT2D eigenvalue weighted by Gasteiger charge is -2.18. The zero-order valence-electron chi connectivity index (χ0n) is 10.8. The number of hydrogen-bond acceptors (Lipinski definition) is 5. The van der Waals surface area contributed by atoms with E-state index >= 15 is 0 Å². The van der Waals surface area contributed by atoms with Crippen molar-refractivity contribution in [2.45, 2.75) is 31.4 Å². The fourth-order valence-corrected chi connectivity index (χ4v) is 3.96.